The molecule has 0 saturated heterocycles. The highest BCUT2D eigenvalue weighted by atomic mass is 15.1. The van der Waals surface area contributed by atoms with Crippen LogP contribution >= 0.6 is 0 Å². The van der Waals surface area contributed by atoms with E-state index in [9.17, 15) is 0 Å². The molecule has 0 spiro atoms. The minimum Gasteiger partial charge on any atom is -0.309 e. The molecule has 0 bridgehead atoms. The van der Waals surface area contributed by atoms with Gasteiger partial charge in [-0.15, -0.1) is 0 Å². The Bertz CT molecular complexity index is 3360. The molecule has 1 aliphatic rings. The molecule has 0 amide bonds. The molecular formula is C53H34N4. The van der Waals surface area contributed by atoms with Gasteiger partial charge in [0.2, 0.25) is 0 Å². The Kier molecular flexibility index (Phi) is 6.96. The standard InChI is InChI=1S/C53H34N4/c1-4-14-34(15-5-1)36-24-27-48-44(30-36)45-32-38(25-28-49(45)56(48)40-19-8-3-9-20-40)37-26-29-50-43(31-37)42-22-12-13-23-47(42)57(50)53-46-33-39-18-10-11-21-41(39)51(46)54-52(55-53)35-16-6-2-7-17-35/h1-32H,33H2. The number of benzene rings is 8. The number of aromatic nitrogens is 4. The summed E-state index contributed by atoms with van der Waals surface area (Å²) in [5, 5.41) is 4.87. The van der Waals surface area contributed by atoms with Gasteiger partial charge in [-0.3, -0.25) is 4.57 Å². The molecule has 11 aromatic rings. The fraction of sp³-hybridized carbons (Fsp3) is 0.0189. The lowest BCUT2D eigenvalue weighted by Crippen LogP contribution is -2.06. The largest absolute Gasteiger partial charge is 0.309 e. The molecule has 1 aliphatic carbocycles. The van der Waals surface area contributed by atoms with Crippen molar-refractivity contribution >= 4 is 43.6 Å². The van der Waals surface area contributed by atoms with E-state index in [4.69, 9.17) is 9.97 Å². The first-order valence-corrected chi connectivity index (χ1v) is 19.5. The molecule has 0 N–H and O–H groups in total. The van der Waals surface area contributed by atoms with Gasteiger partial charge in [0.1, 0.15) is 5.82 Å². The smallest absolute Gasteiger partial charge is 0.162 e. The maximum Gasteiger partial charge on any atom is 0.162 e. The van der Waals surface area contributed by atoms with Crippen LogP contribution in [0.3, 0.4) is 0 Å². The number of hydrogen-bond acceptors (Lipinski definition) is 2. The van der Waals surface area contributed by atoms with Crippen LogP contribution in [-0.4, -0.2) is 19.1 Å². The third-order valence-corrected chi connectivity index (χ3v) is 11.8. The molecule has 4 heteroatoms. The number of nitrogens with zero attached hydrogens (tertiary/aromatic N) is 4. The number of para-hydroxylation sites is 2. The summed E-state index contributed by atoms with van der Waals surface area (Å²) in [5.41, 5.74) is 16.3. The van der Waals surface area contributed by atoms with Crippen LogP contribution in [0.5, 0.6) is 0 Å². The van der Waals surface area contributed by atoms with Crippen molar-refractivity contribution in [3.8, 4) is 56.4 Å². The van der Waals surface area contributed by atoms with Gasteiger partial charge in [0.15, 0.2) is 5.82 Å². The SMILES string of the molecule is c1ccc(-c2ccc3c(c2)c2cc(-c4ccc5c(c4)c4ccccc4n5-c4nc(-c5ccccc5)nc5c4Cc4ccccc4-5)ccc2n3-c2ccccc2)cc1. The Labute approximate surface area is 329 Å². The second kappa shape index (κ2) is 12.5. The van der Waals surface area contributed by atoms with Crippen molar-refractivity contribution in [2.45, 2.75) is 6.42 Å². The summed E-state index contributed by atoms with van der Waals surface area (Å²) >= 11 is 0. The maximum absolute atomic E-state index is 5.39. The van der Waals surface area contributed by atoms with Crippen LogP contribution in [0.15, 0.2) is 194 Å². The van der Waals surface area contributed by atoms with Crippen LogP contribution in [0.25, 0.3) is 100 Å². The summed E-state index contributed by atoms with van der Waals surface area (Å²) in [6, 6.07) is 69.9. The zero-order valence-corrected chi connectivity index (χ0v) is 31.0. The molecule has 8 aromatic carbocycles. The predicted molar refractivity (Wildman–Crippen MR) is 235 cm³/mol. The van der Waals surface area contributed by atoms with Gasteiger partial charge in [-0.25, -0.2) is 9.97 Å². The van der Waals surface area contributed by atoms with E-state index in [-0.39, 0.29) is 0 Å². The molecule has 266 valence electrons. The van der Waals surface area contributed by atoms with E-state index in [1.807, 2.05) is 6.07 Å². The lowest BCUT2D eigenvalue weighted by molar-refractivity contribution is 1.01. The van der Waals surface area contributed by atoms with E-state index in [1.165, 1.54) is 66.0 Å². The molecule has 3 aromatic heterocycles. The summed E-state index contributed by atoms with van der Waals surface area (Å²) in [6.45, 7) is 0. The Morgan fingerprint density at radius 1 is 0.368 bits per heavy atom. The highest BCUT2D eigenvalue weighted by Gasteiger charge is 2.28. The van der Waals surface area contributed by atoms with Gasteiger partial charge in [0, 0.05) is 50.3 Å². The summed E-state index contributed by atoms with van der Waals surface area (Å²) < 4.78 is 4.76. The highest BCUT2D eigenvalue weighted by molar-refractivity contribution is 6.13. The van der Waals surface area contributed by atoms with Crippen molar-refractivity contribution in [3.63, 3.8) is 0 Å². The van der Waals surface area contributed by atoms with Crippen LogP contribution in [0.2, 0.25) is 0 Å². The van der Waals surface area contributed by atoms with E-state index in [1.54, 1.807) is 0 Å². The molecule has 0 saturated carbocycles. The van der Waals surface area contributed by atoms with Gasteiger partial charge in [-0.2, -0.15) is 0 Å². The Morgan fingerprint density at radius 2 is 0.877 bits per heavy atom. The van der Waals surface area contributed by atoms with Crippen molar-refractivity contribution in [1.82, 2.24) is 19.1 Å². The van der Waals surface area contributed by atoms with E-state index in [2.05, 4.69) is 197 Å². The quantitative estimate of drug-likeness (QED) is 0.177. The second-order valence-corrected chi connectivity index (χ2v) is 15.0. The Morgan fingerprint density at radius 3 is 1.56 bits per heavy atom. The first-order chi connectivity index (χ1) is 28.3. The third-order valence-electron chi connectivity index (χ3n) is 11.8. The topological polar surface area (TPSA) is 35.6 Å². The van der Waals surface area contributed by atoms with Gasteiger partial charge in [-0.1, -0.05) is 140 Å². The fourth-order valence-electron chi connectivity index (χ4n) is 9.10. The molecule has 0 unspecified atom stereocenters. The molecule has 4 nitrogen and oxygen atoms in total. The van der Waals surface area contributed by atoms with E-state index in [0.29, 0.717) is 0 Å². The highest BCUT2D eigenvalue weighted by Crippen LogP contribution is 2.43. The van der Waals surface area contributed by atoms with Crippen molar-refractivity contribution < 1.29 is 0 Å². The van der Waals surface area contributed by atoms with Gasteiger partial charge in [0.25, 0.3) is 0 Å². The van der Waals surface area contributed by atoms with Gasteiger partial charge in [-0.05, 0) is 82.4 Å². The number of fused-ring (bicyclic) bond motifs is 9. The van der Waals surface area contributed by atoms with E-state index in [0.717, 1.165) is 51.6 Å². The van der Waals surface area contributed by atoms with Crippen LogP contribution in [0, 0.1) is 0 Å². The van der Waals surface area contributed by atoms with E-state index >= 15 is 0 Å². The fourth-order valence-corrected chi connectivity index (χ4v) is 9.10. The predicted octanol–water partition coefficient (Wildman–Crippen LogP) is 13.2. The summed E-state index contributed by atoms with van der Waals surface area (Å²) in [7, 11) is 0. The zero-order valence-electron chi connectivity index (χ0n) is 31.0. The molecular weight excluding hydrogens is 693 g/mol. The first-order valence-electron chi connectivity index (χ1n) is 19.5. The second-order valence-electron chi connectivity index (χ2n) is 15.0. The molecule has 3 heterocycles. The van der Waals surface area contributed by atoms with Gasteiger partial charge >= 0.3 is 0 Å². The van der Waals surface area contributed by atoms with E-state index < -0.39 is 0 Å². The summed E-state index contributed by atoms with van der Waals surface area (Å²) in [6.07, 6.45) is 0.796. The van der Waals surface area contributed by atoms with Gasteiger partial charge < -0.3 is 4.57 Å². The van der Waals surface area contributed by atoms with Crippen LogP contribution in [-0.2, 0) is 6.42 Å². The first kappa shape index (κ1) is 31.8. The molecule has 12 rings (SSSR count). The molecule has 57 heavy (non-hydrogen) atoms. The van der Waals surface area contributed by atoms with Crippen LogP contribution in [0.4, 0.5) is 0 Å². The summed E-state index contributed by atoms with van der Waals surface area (Å²) in [5.74, 6) is 1.68. The minimum absolute atomic E-state index is 0.738. The minimum atomic E-state index is 0.738. The van der Waals surface area contributed by atoms with Gasteiger partial charge in [0.05, 0.1) is 27.8 Å². The summed E-state index contributed by atoms with van der Waals surface area (Å²) in [4.78, 5) is 10.6. The zero-order chi connectivity index (χ0) is 37.5. The van der Waals surface area contributed by atoms with Crippen molar-refractivity contribution in [2.75, 3.05) is 0 Å². The Hall–Kier alpha value is -7.56. The number of rotatable bonds is 5. The lowest BCUT2D eigenvalue weighted by Gasteiger charge is -2.14. The molecule has 0 aliphatic heterocycles. The molecule has 0 radical (unpaired) electrons. The van der Waals surface area contributed by atoms with Crippen molar-refractivity contribution in [2.24, 2.45) is 0 Å². The molecule has 0 atom stereocenters. The number of hydrogen-bond donors (Lipinski definition) is 0. The monoisotopic (exact) mass is 726 g/mol. The lowest BCUT2D eigenvalue weighted by atomic mass is 9.99. The maximum atomic E-state index is 5.39. The van der Waals surface area contributed by atoms with Crippen LogP contribution in [0.1, 0.15) is 11.1 Å². The average molecular weight is 727 g/mol. The molecule has 0 fully saturated rings. The van der Waals surface area contributed by atoms with Crippen LogP contribution < -0.4 is 0 Å². The third kappa shape index (κ3) is 4.94. The average Bonchev–Trinajstić information content (AvgIpc) is 3.94. The van der Waals surface area contributed by atoms with Crippen molar-refractivity contribution in [3.05, 3.63) is 205 Å². The Balaban J connectivity index is 1.07. The van der Waals surface area contributed by atoms with Crippen molar-refractivity contribution in [1.29, 1.82) is 0 Å². The normalized spacial score (nSPS) is 12.1.